The summed E-state index contributed by atoms with van der Waals surface area (Å²) in [6, 6.07) is 0. The normalized spacial score (nSPS) is 28.6. The Balaban J connectivity index is 1.90. The molecule has 3 heterocycles. The lowest BCUT2D eigenvalue weighted by Crippen LogP contribution is -2.63. The van der Waals surface area contributed by atoms with E-state index < -0.39 is 17.1 Å². The van der Waals surface area contributed by atoms with Crippen molar-refractivity contribution < 1.29 is 18.7 Å². The van der Waals surface area contributed by atoms with E-state index in [0.29, 0.717) is 5.57 Å². The Labute approximate surface area is 184 Å². The number of aromatic nitrogens is 2. The van der Waals surface area contributed by atoms with Gasteiger partial charge in [0.2, 0.25) is 5.88 Å². The monoisotopic (exact) mass is 448 g/mol. The Bertz CT molecular complexity index is 951. The molecule has 1 saturated heterocycles. The van der Waals surface area contributed by atoms with Crippen molar-refractivity contribution in [1.82, 2.24) is 15.3 Å². The number of halogens is 1. The van der Waals surface area contributed by atoms with Gasteiger partial charge in [0.25, 0.3) is 5.91 Å². The molecule has 3 N–H and O–H groups in total. The SMILES string of the molecule is C=C(/C=C(\C=NC)NC(=O)c1cnc(OC)cn1)[C@]12CO[C@@H](C)C[C@@]1(F)CSC(N)=N2. The molecule has 166 valence electrons. The molecule has 2 aliphatic rings. The van der Waals surface area contributed by atoms with Crippen LogP contribution in [0.25, 0.3) is 0 Å². The zero-order chi connectivity index (χ0) is 22.6. The van der Waals surface area contributed by atoms with E-state index in [1.165, 1.54) is 43.6 Å². The molecular formula is C20H25FN6O3S. The zero-order valence-corrected chi connectivity index (χ0v) is 18.4. The topological polar surface area (TPSA) is 124 Å². The lowest BCUT2D eigenvalue weighted by Gasteiger charge is -2.50. The van der Waals surface area contributed by atoms with Gasteiger partial charge in [0.1, 0.15) is 11.2 Å². The first-order valence-corrected chi connectivity index (χ1v) is 10.5. The number of carbonyl (C=O) groups excluding carboxylic acids is 1. The van der Waals surface area contributed by atoms with Crippen LogP contribution in [-0.4, -0.2) is 71.1 Å². The third kappa shape index (κ3) is 4.62. The number of aliphatic imine (C=N–C) groups is 2. The second-order valence-corrected chi connectivity index (χ2v) is 8.30. The van der Waals surface area contributed by atoms with Crippen LogP contribution in [0.3, 0.4) is 0 Å². The van der Waals surface area contributed by atoms with Gasteiger partial charge >= 0.3 is 0 Å². The number of nitrogens with one attached hydrogen (secondary N) is 1. The van der Waals surface area contributed by atoms with Crippen molar-refractivity contribution in [2.75, 3.05) is 26.5 Å². The summed E-state index contributed by atoms with van der Waals surface area (Å²) < 4.78 is 26.8. The van der Waals surface area contributed by atoms with Gasteiger partial charge in [-0.15, -0.1) is 0 Å². The van der Waals surface area contributed by atoms with Gasteiger partial charge in [-0.3, -0.25) is 9.79 Å². The van der Waals surface area contributed by atoms with Crippen LogP contribution in [0.4, 0.5) is 4.39 Å². The van der Waals surface area contributed by atoms with Gasteiger partial charge in [0, 0.05) is 25.4 Å². The minimum Gasteiger partial charge on any atom is -0.480 e. The number of hydrogen-bond donors (Lipinski definition) is 2. The van der Waals surface area contributed by atoms with E-state index in [4.69, 9.17) is 15.2 Å². The summed E-state index contributed by atoms with van der Waals surface area (Å²) >= 11 is 1.17. The van der Waals surface area contributed by atoms with E-state index in [0.717, 1.165) is 0 Å². The van der Waals surface area contributed by atoms with E-state index >= 15 is 4.39 Å². The Morgan fingerprint density at radius 1 is 1.52 bits per heavy atom. The molecule has 1 amide bonds. The number of hydrogen-bond acceptors (Lipinski definition) is 9. The van der Waals surface area contributed by atoms with Crippen molar-refractivity contribution in [2.24, 2.45) is 15.7 Å². The van der Waals surface area contributed by atoms with Crippen molar-refractivity contribution in [3.63, 3.8) is 0 Å². The van der Waals surface area contributed by atoms with Crippen molar-refractivity contribution in [3.05, 3.63) is 42.0 Å². The number of alkyl halides is 1. The van der Waals surface area contributed by atoms with E-state index in [2.05, 4.69) is 31.8 Å². The van der Waals surface area contributed by atoms with Crippen LogP contribution in [0.5, 0.6) is 5.88 Å². The quantitative estimate of drug-likeness (QED) is 0.501. The Hall–Kier alpha value is -2.79. The van der Waals surface area contributed by atoms with Crippen molar-refractivity contribution in [3.8, 4) is 5.88 Å². The number of rotatable bonds is 6. The highest BCUT2D eigenvalue weighted by atomic mass is 32.2. The van der Waals surface area contributed by atoms with E-state index in [1.54, 1.807) is 7.05 Å². The second-order valence-electron chi connectivity index (χ2n) is 7.30. The fourth-order valence-electron chi connectivity index (χ4n) is 3.53. The number of allylic oxidation sites excluding steroid dienone is 1. The second kappa shape index (κ2) is 9.15. The van der Waals surface area contributed by atoms with Crippen LogP contribution >= 0.6 is 11.8 Å². The molecule has 3 atom stereocenters. The van der Waals surface area contributed by atoms with Gasteiger partial charge in [-0.1, -0.05) is 18.3 Å². The summed E-state index contributed by atoms with van der Waals surface area (Å²) in [6.07, 6.45) is 5.48. The minimum absolute atomic E-state index is 0.00426. The Morgan fingerprint density at radius 2 is 2.29 bits per heavy atom. The van der Waals surface area contributed by atoms with Crippen LogP contribution in [0.2, 0.25) is 0 Å². The van der Waals surface area contributed by atoms with E-state index in [9.17, 15) is 4.79 Å². The van der Waals surface area contributed by atoms with Crippen molar-refractivity contribution in [2.45, 2.75) is 30.7 Å². The Morgan fingerprint density at radius 3 is 2.94 bits per heavy atom. The van der Waals surface area contributed by atoms with Gasteiger partial charge in [-0.05, 0) is 18.6 Å². The summed E-state index contributed by atoms with van der Waals surface area (Å²) in [6.45, 7) is 5.87. The lowest BCUT2D eigenvalue weighted by atomic mass is 9.72. The smallest absolute Gasteiger partial charge is 0.275 e. The number of methoxy groups -OCH3 is 1. The average molecular weight is 449 g/mol. The average Bonchev–Trinajstić information content (AvgIpc) is 2.74. The number of ether oxygens (including phenoxy) is 2. The van der Waals surface area contributed by atoms with Crippen molar-refractivity contribution >= 4 is 29.1 Å². The molecule has 9 nitrogen and oxygen atoms in total. The number of nitrogens with two attached hydrogens (primary N) is 1. The maximum Gasteiger partial charge on any atom is 0.275 e. The molecule has 3 rings (SSSR count). The predicted octanol–water partition coefficient (Wildman–Crippen LogP) is 1.67. The minimum atomic E-state index is -1.69. The number of amidine groups is 1. The van der Waals surface area contributed by atoms with Gasteiger partial charge in [-0.25, -0.2) is 19.4 Å². The first-order chi connectivity index (χ1) is 14.7. The number of amides is 1. The first kappa shape index (κ1) is 22.9. The molecule has 0 aromatic carbocycles. The molecule has 0 bridgehead atoms. The number of fused-ring (bicyclic) bond motifs is 1. The van der Waals surface area contributed by atoms with Crippen LogP contribution in [0.15, 0.2) is 46.3 Å². The molecule has 1 aromatic rings. The fourth-order valence-corrected chi connectivity index (χ4v) is 4.49. The maximum atomic E-state index is 16.1. The third-order valence-corrected chi connectivity index (χ3v) is 6.12. The predicted molar refractivity (Wildman–Crippen MR) is 118 cm³/mol. The summed E-state index contributed by atoms with van der Waals surface area (Å²) in [7, 11) is 3.00. The van der Waals surface area contributed by atoms with Crippen LogP contribution in [0, 0.1) is 0 Å². The molecule has 0 unspecified atom stereocenters. The fraction of sp³-hybridized carbons (Fsp3) is 0.450. The molecular weight excluding hydrogens is 423 g/mol. The highest BCUT2D eigenvalue weighted by Crippen LogP contribution is 2.48. The summed E-state index contributed by atoms with van der Waals surface area (Å²) in [4.78, 5) is 29.0. The molecule has 1 fully saturated rings. The largest absolute Gasteiger partial charge is 0.480 e. The lowest BCUT2D eigenvalue weighted by molar-refractivity contribution is -0.0884. The van der Waals surface area contributed by atoms with Crippen LogP contribution in [-0.2, 0) is 4.74 Å². The first-order valence-electron chi connectivity index (χ1n) is 9.52. The molecule has 31 heavy (non-hydrogen) atoms. The number of nitrogens with zero attached hydrogens (tertiary/aromatic N) is 4. The number of carbonyl (C=O) groups is 1. The highest BCUT2D eigenvalue weighted by Gasteiger charge is 2.59. The molecule has 0 aliphatic carbocycles. The van der Waals surface area contributed by atoms with Crippen LogP contribution in [0.1, 0.15) is 23.8 Å². The standard InChI is InChI=1S/C20H25FN6O3S/c1-12(20-10-30-13(2)6-19(20,21)11-31-18(22)27-20)5-14(7-23-3)26-17(28)15-8-25-16(29-4)9-24-15/h5,7-9,13H,1,6,10-11H2,2-4H3,(H2,22,27)(H,26,28)/b14-5+,23-7?/t13-,19+,20+/m0/s1. The van der Waals surface area contributed by atoms with Gasteiger partial charge < -0.3 is 20.5 Å². The van der Waals surface area contributed by atoms with Gasteiger partial charge in [-0.2, -0.15) is 0 Å². The number of thioether (sulfide) groups is 1. The van der Waals surface area contributed by atoms with Gasteiger partial charge in [0.05, 0.1) is 37.9 Å². The molecule has 0 saturated carbocycles. The van der Waals surface area contributed by atoms with E-state index in [1.807, 2.05) is 6.92 Å². The molecule has 2 aliphatic heterocycles. The van der Waals surface area contributed by atoms with E-state index in [-0.39, 0.29) is 47.3 Å². The summed E-state index contributed by atoms with van der Waals surface area (Å²) in [5.74, 6) is -0.0892. The third-order valence-electron chi connectivity index (χ3n) is 5.14. The maximum absolute atomic E-state index is 16.1. The molecule has 0 radical (unpaired) electrons. The molecule has 0 spiro atoms. The molecule has 1 aromatic heterocycles. The highest BCUT2D eigenvalue weighted by molar-refractivity contribution is 8.13. The summed E-state index contributed by atoms with van der Waals surface area (Å²) in [5.41, 5.74) is 3.55. The summed E-state index contributed by atoms with van der Waals surface area (Å²) in [5, 5.41) is 2.95. The van der Waals surface area contributed by atoms with Gasteiger partial charge in [0.15, 0.2) is 10.8 Å². The Kier molecular flexibility index (Phi) is 6.75. The molecule has 11 heteroatoms. The zero-order valence-electron chi connectivity index (χ0n) is 17.6. The van der Waals surface area contributed by atoms with Crippen LogP contribution < -0.4 is 15.8 Å². The van der Waals surface area contributed by atoms with Crippen molar-refractivity contribution in [1.29, 1.82) is 0 Å².